The summed E-state index contributed by atoms with van der Waals surface area (Å²) in [4.78, 5) is 0. The van der Waals surface area contributed by atoms with Crippen LogP contribution in [0.25, 0.3) is 5.69 Å². The standard InChI is InChI=1S/C21H22N6S/c1-13-4-8-16(9-5-13)19-12-18(24-27(19)21(22)28)20-15(3)26(25-23-20)17-10-6-14(2)7-11-17/h4-11,19H,12H2,1-3H3,(H2,22,28). The molecule has 0 aliphatic carbocycles. The molecular weight excluding hydrogens is 368 g/mol. The molecule has 4 rings (SSSR count). The van der Waals surface area contributed by atoms with Gasteiger partial charge in [0.15, 0.2) is 5.11 Å². The number of thiocarbonyl (C=S) groups is 1. The minimum Gasteiger partial charge on any atom is -0.375 e. The number of hydrogen-bond donors (Lipinski definition) is 1. The van der Waals surface area contributed by atoms with E-state index in [2.05, 4.69) is 65.7 Å². The van der Waals surface area contributed by atoms with Gasteiger partial charge in [0.25, 0.3) is 0 Å². The highest BCUT2D eigenvalue weighted by atomic mass is 32.1. The Bertz CT molecular complexity index is 1050. The van der Waals surface area contributed by atoms with Crippen LogP contribution in [0.15, 0.2) is 53.6 Å². The van der Waals surface area contributed by atoms with Crippen molar-refractivity contribution in [2.24, 2.45) is 10.8 Å². The average Bonchev–Trinajstić information content (AvgIpc) is 3.27. The van der Waals surface area contributed by atoms with E-state index in [4.69, 9.17) is 18.0 Å². The normalized spacial score (nSPS) is 16.3. The van der Waals surface area contributed by atoms with Gasteiger partial charge in [-0.05, 0) is 50.7 Å². The molecule has 2 aromatic carbocycles. The Balaban J connectivity index is 1.68. The highest BCUT2D eigenvalue weighted by Crippen LogP contribution is 2.33. The molecule has 1 atom stereocenters. The van der Waals surface area contributed by atoms with Crippen molar-refractivity contribution in [2.45, 2.75) is 33.2 Å². The maximum Gasteiger partial charge on any atom is 0.187 e. The van der Waals surface area contributed by atoms with Crippen LogP contribution in [-0.4, -0.2) is 30.8 Å². The molecule has 0 saturated carbocycles. The molecule has 0 amide bonds. The first-order valence-corrected chi connectivity index (χ1v) is 9.57. The average molecular weight is 391 g/mol. The molecule has 0 spiro atoms. The second-order valence-corrected chi connectivity index (χ2v) is 7.55. The molecule has 7 heteroatoms. The first-order valence-electron chi connectivity index (χ1n) is 9.16. The van der Waals surface area contributed by atoms with E-state index in [0.717, 1.165) is 28.4 Å². The van der Waals surface area contributed by atoms with Crippen LogP contribution in [0.5, 0.6) is 0 Å². The summed E-state index contributed by atoms with van der Waals surface area (Å²) in [5, 5.41) is 15.4. The van der Waals surface area contributed by atoms with Crippen molar-refractivity contribution in [3.8, 4) is 5.69 Å². The molecule has 3 aromatic rings. The summed E-state index contributed by atoms with van der Waals surface area (Å²) in [6, 6.07) is 16.5. The molecule has 2 heterocycles. The van der Waals surface area contributed by atoms with E-state index in [1.54, 1.807) is 5.01 Å². The highest BCUT2D eigenvalue weighted by molar-refractivity contribution is 7.80. The Morgan fingerprint density at radius 1 is 1.00 bits per heavy atom. The van der Waals surface area contributed by atoms with Crippen molar-refractivity contribution in [3.63, 3.8) is 0 Å². The zero-order chi connectivity index (χ0) is 19.8. The van der Waals surface area contributed by atoms with Crippen molar-refractivity contribution < 1.29 is 0 Å². The lowest BCUT2D eigenvalue weighted by atomic mass is 9.99. The van der Waals surface area contributed by atoms with E-state index < -0.39 is 0 Å². The van der Waals surface area contributed by atoms with Gasteiger partial charge >= 0.3 is 0 Å². The molecule has 6 nitrogen and oxygen atoms in total. The zero-order valence-electron chi connectivity index (χ0n) is 16.1. The molecule has 0 radical (unpaired) electrons. The Morgan fingerprint density at radius 3 is 2.21 bits per heavy atom. The second-order valence-electron chi connectivity index (χ2n) is 7.13. The number of nitrogens with zero attached hydrogens (tertiary/aromatic N) is 5. The quantitative estimate of drug-likeness (QED) is 0.692. The predicted molar refractivity (Wildman–Crippen MR) is 115 cm³/mol. The SMILES string of the molecule is Cc1ccc(C2CC(c3nnn(-c4ccc(C)cc4)c3C)=NN2C(N)=S)cc1. The van der Waals surface area contributed by atoms with Gasteiger partial charge in [-0.3, -0.25) is 0 Å². The van der Waals surface area contributed by atoms with E-state index in [-0.39, 0.29) is 11.2 Å². The number of aryl methyl sites for hydroxylation is 2. The Labute approximate surface area is 169 Å². The lowest BCUT2D eigenvalue weighted by Gasteiger charge is -2.21. The summed E-state index contributed by atoms with van der Waals surface area (Å²) >= 11 is 5.24. The predicted octanol–water partition coefficient (Wildman–Crippen LogP) is 3.59. The smallest absolute Gasteiger partial charge is 0.187 e. The minimum atomic E-state index is -0.0305. The number of rotatable bonds is 3. The lowest BCUT2D eigenvalue weighted by Crippen LogP contribution is -2.31. The highest BCUT2D eigenvalue weighted by Gasteiger charge is 2.32. The van der Waals surface area contributed by atoms with Gasteiger partial charge < -0.3 is 5.73 Å². The fourth-order valence-electron chi connectivity index (χ4n) is 3.43. The first kappa shape index (κ1) is 18.3. The monoisotopic (exact) mass is 390 g/mol. The first-order chi connectivity index (χ1) is 13.4. The van der Waals surface area contributed by atoms with Crippen LogP contribution < -0.4 is 5.73 Å². The van der Waals surface area contributed by atoms with Crippen LogP contribution in [-0.2, 0) is 0 Å². The van der Waals surface area contributed by atoms with E-state index >= 15 is 0 Å². The third-order valence-corrected chi connectivity index (χ3v) is 5.23. The Hall–Kier alpha value is -3.06. The van der Waals surface area contributed by atoms with Crippen molar-refractivity contribution in [3.05, 3.63) is 76.6 Å². The van der Waals surface area contributed by atoms with Crippen LogP contribution in [0.1, 0.15) is 40.5 Å². The van der Waals surface area contributed by atoms with Gasteiger partial charge in [0.1, 0.15) is 5.69 Å². The molecule has 2 N–H and O–H groups in total. The summed E-state index contributed by atoms with van der Waals surface area (Å²) in [6.45, 7) is 6.13. The molecule has 0 fully saturated rings. The van der Waals surface area contributed by atoms with Gasteiger partial charge in [-0.15, -0.1) is 5.10 Å². The van der Waals surface area contributed by atoms with Crippen molar-refractivity contribution >= 4 is 23.0 Å². The molecule has 0 bridgehead atoms. The number of benzene rings is 2. The van der Waals surface area contributed by atoms with Gasteiger partial charge in [0, 0.05) is 6.42 Å². The third kappa shape index (κ3) is 3.29. The van der Waals surface area contributed by atoms with Gasteiger partial charge in [0.2, 0.25) is 0 Å². The largest absolute Gasteiger partial charge is 0.375 e. The minimum absolute atomic E-state index is 0.0305. The number of hydrazone groups is 1. The van der Waals surface area contributed by atoms with Crippen LogP contribution in [0, 0.1) is 20.8 Å². The summed E-state index contributed by atoms with van der Waals surface area (Å²) < 4.78 is 1.83. The maximum atomic E-state index is 5.95. The Kier molecular flexibility index (Phi) is 4.68. The van der Waals surface area contributed by atoms with Crippen LogP contribution >= 0.6 is 12.2 Å². The summed E-state index contributed by atoms with van der Waals surface area (Å²) in [7, 11) is 0. The van der Waals surface area contributed by atoms with Gasteiger partial charge in [-0.25, -0.2) is 9.69 Å². The van der Waals surface area contributed by atoms with Crippen LogP contribution in [0.2, 0.25) is 0 Å². The van der Waals surface area contributed by atoms with Crippen LogP contribution in [0.3, 0.4) is 0 Å². The van der Waals surface area contributed by atoms with Crippen LogP contribution in [0.4, 0.5) is 0 Å². The molecule has 142 valence electrons. The van der Waals surface area contributed by atoms with E-state index in [1.807, 2.05) is 23.7 Å². The number of aromatic nitrogens is 3. The lowest BCUT2D eigenvalue weighted by molar-refractivity contribution is 0.372. The topological polar surface area (TPSA) is 72.3 Å². The second kappa shape index (κ2) is 7.16. The fraction of sp³-hybridized carbons (Fsp3) is 0.238. The zero-order valence-corrected chi connectivity index (χ0v) is 16.9. The maximum absolute atomic E-state index is 5.95. The number of nitrogens with two attached hydrogens (primary N) is 1. The van der Waals surface area contributed by atoms with Gasteiger partial charge in [-0.1, -0.05) is 52.7 Å². The fourth-order valence-corrected chi connectivity index (χ4v) is 3.60. The van der Waals surface area contributed by atoms with Gasteiger partial charge in [0.05, 0.1) is 23.1 Å². The van der Waals surface area contributed by atoms with Crippen molar-refractivity contribution in [1.82, 2.24) is 20.0 Å². The molecular formula is C21H22N6S. The summed E-state index contributed by atoms with van der Waals surface area (Å²) in [5.74, 6) is 0. The van der Waals surface area contributed by atoms with Gasteiger partial charge in [-0.2, -0.15) is 5.10 Å². The van der Waals surface area contributed by atoms with E-state index in [9.17, 15) is 0 Å². The van der Waals surface area contributed by atoms with Crippen molar-refractivity contribution in [1.29, 1.82) is 0 Å². The molecule has 1 unspecified atom stereocenters. The van der Waals surface area contributed by atoms with E-state index in [1.165, 1.54) is 11.1 Å². The van der Waals surface area contributed by atoms with E-state index in [0.29, 0.717) is 6.42 Å². The molecule has 1 aromatic heterocycles. The summed E-state index contributed by atoms with van der Waals surface area (Å²) in [5.41, 5.74) is 13.0. The molecule has 28 heavy (non-hydrogen) atoms. The third-order valence-electron chi connectivity index (χ3n) is 5.04. The number of hydrogen-bond acceptors (Lipinski definition) is 4. The van der Waals surface area contributed by atoms with Crippen molar-refractivity contribution in [2.75, 3.05) is 0 Å². The molecule has 1 aliphatic rings. The molecule has 0 saturated heterocycles. The molecule has 1 aliphatic heterocycles. The Morgan fingerprint density at radius 2 is 1.61 bits per heavy atom. The summed E-state index contributed by atoms with van der Waals surface area (Å²) in [6.07, 6.45) is 0.674.